The molecular formula is C7H11N3O3S. The molecule has 0 amide bonds. The van der Waals surface area contributed by atoms with E-state index in [1.165, 1.54) is 11.6 Å². The van der Waals surface area contributed by atoms with Gasteiger partial charge < -0.3 is 4.18 Å². The molecule has 1 heterocycles. The highest BCUT2D eigenvalue weighted by Gasteiger charge is 2.09. The van der Waals surface area contributed by atoms with Gasteiger partial charge in [0.1, 0.15) is 0 Å². The predicted octanol–water partition coefficient (Wildman–Crippen LogP) is 0.0538. The van der Waals surface area contributed by atoms with Gasteiger partial charge in [-0.05, 0) is 6.42 Å². The normalized spacial score (nSPS) is 10.4. The highest BCUT2D eigenvalue weighted by molar-refractivity contribution is 7.94. The first-order valence-electron chi connectivity index (χ1n) is 4.11. The van der Waals surface area contributed by atoms with Crippen molar-refractivity contribution in [3.05, 3.63) is 10.5 Å². The first-order valence-corrected chi connectivity index (χ1v) is 4.85. The van der Waals surface area contributed by atoms with Crippen molar-refractivity contribution in [3.8, 4) is 0 Å². The van der Waals surface area contributed by atoms with E-state index in [9.17, 15) is 9.59 Å². The van der Waals surface area contributed by atoms with Gasteiger partial charge in [0.2, 0.25) is 11.6 Å². The van der Waals surface area contributed by atoms with Crippen molar-refractivity contribution >= 4 is 18.5 Å². The number of aromatic nitrogens is 3. The van der Waals surface area contributed by atoms with Crippen LogP contribution in [0.2, 0.25) is 0 Å². The van der Waals surface area contributed by atoms with E-state index < -0.39 is 5.69 Å². The van der Waals surface area contributed by atoms with Gasteiger partial charge in [0, 0.05) is 7.05 Å². The third kappa shape index (κ3) is 2.24. The Morgan fingerprint density at radius 3 is 2.86 bits per heavy atom. The molecule has 78 valence electrons. The van der Waals surface area contributed by atoms with Crippen molar-refractivity contribution < 1.29 is 8.98 Å². The number of nitrogens with zero attached hydrogens (tertiary/aromatic N) is 3. The fraction of sp³-hybridized carbons (Fsp3) is 0.571. The van der Waals surface area contributed by atoms with Crippen LogP contribution in [-0.2, 0) is 16.0 Å². The smallest absolute Gasteiger partial charge is 0.308 e. The molecule has 6 nitrogen and oxygen atoms in total. The van der Waals surface area contributed by atoms with Crippen LogP contribution in [0.4, 0.5) is 0 Å². The minimum atomic E-state index is -0.470. The minimum absolute atomic E-state index is 0.367. The second-order valence-electron chi connectivity index (χ2n) is 2.58. The van der Waals surface area contributed by atoms with Gasteiger partial charge in [-0.15, -0.1) is 9.78 Å². The Hall–Kier alpha value is -1.08. The summed E-state index contributed by atoms with van der Waals surface area (Å²) in [5.41, 5.74) is -0.470. The molecule has 1 aromatic rings. The summed E-state index contributed by atoms with van der Waals surface area (Å²) >= 11 is 0.994. The van der Waals surface area contributed by atoms with Crippen molar-refractivity contribution in [3.63, 3.8) is 0 Å². The molecule has 0 atom stereocenters. The summed E-state index contributed by atoms with van der Waals surface area (Å²) < 4.78 is 7.12. The Morgan fingerprint density at radius 2 is 2.36 bits per heavy atom. The topological polar surface area (TPSA) is 66.1 Å². The van der Waals surface area contributed by atoms with Crippen LogP contribution >= 0.6 is 12.0 Å². The Bertz CT molecular complexity index is 371. The van der Waals surface area contributed by atoms with Gasteiger partial charge in [-0.1, -0.05) is 6.92 Å². The lowest BCUT2D eigenvalue weighted by atomic mass is 10.5. The molecule has 0 spiro atoms. The molecular weight excluding hydrogens is 206 g/mol. The quantitative estimate of drug-likeness (QED) is 0.396. The Labute approximate surface area is 85.1 Å². The maximum atomic E-state index is 11.2. The lowest BCUT2D eigenvalue weighted by molar-refractivity contribution is 0.370. The maximum Gasteiger partial charge on any atom is 0.353 e. The molecule has 0 radical (unpaired) electrons. The Balaban J connectivity index is 2.77. The zero-order valence-electron chi connectivity index (χ0n) is 7.97. The molecule has 0 aliphatic rings. The van der Waals surface area contributed by atoms with Crippen molar-refractivity contribution in [2.45, 2.75) is 18.5 Å². The summed E-state index contributed by atoms with van der Waals surface area (Å²) in [4.78, 5) is 21.6. The van der Waals surface area contributed by atoms with E-state index in [0.717, 1.165) is 23.1 Å². The average molecular weight is 217 g/mol. The Morgan fingerprint density at radius 1 is 1.64 bits per heavy atom. The summed E-state index contributed by atoms with van der Waals surface area (Å²) in [6.07, 6.45) is 1.25. The fourth-order valence-electron chi connectivity index (χ4n) is 0.756. The molecule has 7 heteroatoms. The summed E-state index contributed by atoms with van der Waals surface area (Å²) in [6, 6.07) is 0. The van der Waals surface area contributed by atoms with Crippen LogP contribution in [0.15, 0.2) is 9.95 Å². The van der Waals surface area contributed by atoms with Crippen LogP contribution in [0.5, 0.6) is 0 Å². The first-order chi connectivity index (χ1) is 6.70. The van der Waals surface area contributed by atoms with Crippen molar-refractivity contribution in [1.82, 2.24) is 14.3 Å². The lowest BCUT2D eigenvalue weighted by Gasteiger charge is -1.97. The van der Waals surface area contributed by atoms with E-state index in [0.29, 0.717) is 18.2 Å². The molecule has 0 saturated carbocycles. The van der Waals surface area contributed by atoms with Gasteiger partial charge in [0.25, 0.3) is 0 Å². The molecule has 1 rings (SSSR count). The molecule has 14 heavy (non-hydrogen) atoms. The van der Waals surface area contributed by atoms with Crippen molar-refractivity contribution in [2.75, 3.05) is 6.61 Å². The lowest BCUT2D eigenvalue weighted by Crippen LogP contribution is -2.22. The van der Waals surface area contributed by atoms with Crippen LogP contribution in [0.3, 0.4) is 0 Å². The fourth-order valence-corrected chi connectivity index (χ4v) is 1.42. The van der Waals surface area contributed by atoms with Crippen LogP contribution in [-0.4, -0.2) is 27.4 Å². The van der Waals surface area contributed by atoms with Gasteiger partial charge in [0.05, 0.1) is 18.6 Å². The van der Waals surface area contributed by atoms with Gasteiger partial charge in [-0.3, -0.25) is 9.36 Å². The molecule has 0 bridgehead atoms. The zero-order valence-corrected chi connectivity index (χ0v) is 8.78. The minimum Gasteiger partial charge on any atom is -0.308 e. The maximum absolute atomic E-state index is 11.2. The summed E-state index contributed by atoms with van der Waals surface area (Å²) in [6.45, 7) is 2.55. The van der Waals surface area contributed by atoms with E-state index in [2.05, 4.69) is 5.10 Å². The summed E-state index contributed by atoms with van der Waals surface area (Å²) in [5.74, 6) is 0. The van der Waals surface area contributed by atoms with E-state index in [1.54, 1.807) is 0 Å². The SMILES string of the molecule is CCCOSc1nn(C=O)c(=O)n1C. The average Bonchev–Trinajstić information content (AvgIpc) is 2.46. The van der Waals surface area contributed by atoms with Gasteiger partial charge in [-0.2, -0.15) is 0 Å². The van der Waals surface area contributed by atoms with Gasteiger partial charge >= 0.3 is 5.69 Å². The monoisotopic (exact) mass is 217 g/mol. The van der Waals surface area contributed by atoms with E-state index in [1.807, 2.05) is 6.92 Å². The third-order valence-corrected chi connectivity index (χ3v) is 2.27. The molecule has 0 fully saturated rings. The molecule has 0 aliphatic carbocycles. The molecule has 1 aromatic heterocycles. The van der Waals surface area contributed by atoms with Crippen LogP contribution in [0.25, 0.3) is 0 Å². The highest BCUT2D eigenvalue weighted by Crippen LogP contribution is 2.13. The number of carbonyl (C=O) groups excluding carboxylic acids is 1. The second-order valence-corrected chi connectivity index (χ2v) is 3.35. The third-order valence-electron chi connectivity index (χ3n) is 1.48. The summed E-state index contributed by atoms with van der Waals surface area (Å²) in [5, 5.41) is 4.11. The largest absolute Gasteiger partial charge is 0.353 e. The molecule has 0 aliphatic heterocycles. The zero-order chi connectivity index (χ0) is 10.6. The van der Waals surface area contributed by atoms with Crippen molar-refractivity contribution in [1.29, 1.82) is 0 Å². The van der Waals surface area contributed by atoms with E-state index in [4.69, 9.17) is 4.18 Å². The van der Waals surface area contributed by atoms with Gasteiger partial charge in [-0.25, -0.2) is 4.79 Å². The second kappa shape index (κ2) is 4.97. The van der Waals surface area contributed by atoms with Crippen LogP contribution in [0.1, 0.15) is 13.3 Å². The summed E-state index contributed by atoms with van der Waals surface area (Å²) in [7, 11) is 1.53. The molecule has 0 saturated heterocycles. The highest BCUT2D eigenvalue weighted by atomic mass is 32.2. The number of carbonyl (C=O) groups is 1. The van der Waals surface area contributed by atoms with E-state index >= 15 is 0 Å². The molecule has 0 aromatic carbocycles. The molecule has 0 unspecified atom stereocenters. The predicted molar refractivity (Wildman–Crippen MR) is 51.7 cm³/mol. The Kier molecular flexibility index (Phi) is 3.90. The number of hydrogen-bond donors (Lipinski definition) is 0. The molecule has 0 N–H and O–H groups in total. The number of rotatable bonds is 5. The first kappa shape index (κ1) is 11.0. The van der Waals surface area contributed by atoms with Crippen LogP contribution < -0.4 is 5.69 Å². The van der Waals surface area contributed by atoms with E-state index in [-0.39, 0.29) is 0 Å². The standard InChI is InChI=1S/C7H11N3O3S/c1-3-4-13-14-6-8-10(5-11)7(12)9(6)2/h5H,3-4H2,1-2H3. The van der Waals surface area contributed by atoms with Gasteiger partial charge in [0.15, 0.2) is 0 Å². The van der Waals surface area contributed by atoms with Crippen molar-refractivity contribution in [2.24, 2.45) is 7.05 Å². The number of hydrogen-bond acceptors (Lipinski definition) is 5. The van der Waals surface area contributed by atoms with Crippen LogP contribution in [0, 0.1) is 0 Å².